The van der Waals surface area contributed by atoms with Crippen LogP contribution in [0.2, 0.25) is 0 Å². The summed E-state index contributed by atoms with van der Waals surface area (Å²) in [5.41, 5.74) is 1.25. The lowest BCUT2D eigenvalue weighted by Crippen LogP contribution is -2.14. The highest BCUT2D eigenvalue weighted by Gasteiger charge is 2.27. The number of rotatable bonds is 4. The Labute approximate surface area is 116 Å². The predicted octanol–water partition coefficient (Wildman–Crippen LogP) is 3.31. The Morgan fingerprint density at radius 1 is 1.47 bits per heavy atom. The molecule has 2 N–H and O–H groups in total. The van der Waals surface area contributed by atoms with Crippen LogP contribution in [-0.2, 0) is 17.6 Å². The van der Waals surface area contributed by atoms with Crippen LogP contribution in [0.5, 0.6) is 0 Å². The van der Waals surface area contributed by atoms with E-state index in [2.05, 4.69) is 12.2 Å². The maximum atomic E-state index is 11.7. The van der Waals surface area contributed by atoms with Gasteiger partial charge in [-0.15, -0.1) is 11.3 Å². The van der Waals surface area contributed by atoms with Gasteiger partial charge in [-0.3, -0.25) is 4.79 Å². The topological polar surface area (TPSA) is 66.4 Å². The summed E-state index contributed by atoms with van der Waals surface area (Å²) < 4.78 is 0. The molecule has 1 aromatic rings. The highest BCUT2D eigenvalue weighted by molar-refractivity contribution is 7.17. The van der Waals surface area contributed by atoms with Gasteiger partial charge in [0.25, 0.3) is 0 Å². The van der Waals surface area contributed by atoms with Crippen molar-refractivity contribution in [3.05, 3.63) is 16.0 Å². The number of thiophene rings is 1. The van der Waals surface area contributed by atoms with E-state index in [1.54, 1.807) is 0 Å². The summed E-state index contributed by atoms with van der Waals surface area (Å²) in [6.07, 6.45) is 3.93. The van der Waals surface area contributed by atoms with E-state index in [0.29, 0.717) is 22.9 Å². The monoisotopic (exact) mass is 281 g/mol. The molecule has 104 valence electrons. The molecule has 0 fully saturated rings. The number of anilines is 1. The van der Waals surface area contributed by atoms with Crippen LogP contribution < -0.4 is 5.32 Å². The standard InChI is InChI=1S/C14H19NO3S/c1-3-4-11(16)15-13-12(14(17)18)9-6-5-8(2)7-10(9)19-13/h8H,3-7H2,1-2H3,(H,15,16)(H,17,18). The summed E-state index contributed by atoms with van der Waals surface area (Å²) in [6, 6.07) is 0. The Morgan fingerprint density at radius 2 is 2.21 bits per heavy atom. The summed E-state index contributed by atoms with van der Waals surface area (Å²) in [5, 5.41) is 12.7. The molecule has 1 atom stereocenters. The van der Waals surface area contributed by atoms with Crippen LogP contribution in [0.25, 0.3) is 0 Å². The number of fused-ring (bicyclic) bond motifs is 1. The first-order valence-corrected chi connectivity index (χ1v) is 7.52. The summed E-state index contributed by atoms with van der Waals surface area (Å²) in [6.45, 7) is 4.11. The normalized spacial score (nSPS) is 17.9. The predicted molar refractivity (Wildman–Crippen MR) is 76.0 cm³/mol. The first kappa shape index (κ1) is 14.1. The third-order valence-corrected chi connectivity index (χ3v) is 4.63. The molecule has 5 heteroatoms. The fourth-order valence-corrected chi connectivity index (χ4v) is 3.90. The van der Waals surface area contributed by atoms with Gasteiger partial charge < -0.3 is 10.4 Å². The Bertz CT molecular complexity index is 507. The van der Waals surface area contributed by atoms with Crippen LogP contribution in [0.1, 0.15) is 53.9 Å². The molecule has 4 nitrogen and oxygen atoms in total. The van der Waals surface area contributed by atoms with E-state index < -0.39 is 5.97 Å². The molecule has 0 saturated heterocycles. The van der Waals surface area contributed by atoms with Crippen molar-refractivity contribution in [2.24, 2.45) is 5.92 Å². The summed E-state index contributed by atoms with van der Waals surface area (Å²) >= 11 is 1.44. The Hall–Kier alpha value is -1.36. The zero-order valence-corrected chi connectivity index (χ0v) is 12.1. The lowest BCUT2D eigenvalue weighted by Gasteiger charge is -2.17. The summed E-state index contributed by atoms with van der Waals surface area (Å²) in [7, 11) is 0. The highest BCUT2D eigenvalue weighted by atomic mass is 32.1. The van der Waals surface area contributed by atoms with Gasteiger partial charge >= 0.3 is 5.97 Å². The van der Waals surface area contributed by atoms with Crippen LogP contribution in [0.4, 0.5) is 5.00 Å². The minimum atomic E-state index is -0.932. The van der Waals surface area contributed by atoms with Crippen molar-refractivity contribution in [2.45, 2.75) is 46.0 Å². The maximum Gasteiger partial charge on any atom is 0.339 e. The smallest absolute Gasteiger partial charge is 0.339 e. The van der Waals surface area contributed by atoms with Crippen molar-refractivity contribution in [1.82, 2.24) is 0 Å². The van der Waals surface area contributed by atoms with Gasteiger partial charge in [-0.1, -0.05) is 13.8 Å². The Morgan fingerprint density at radius 3 is 2.84 bits per heavy atom. The van der Waals surface area contributed by atoms with Crippen LogP contribution in [0, 0.1) is 5.92 Å². The third-order valence-electron chi connectivity index (χ3n) is 3.46. The quantitative estimate of drug-likeness (QED) is 0.889. The lowest BCUT2D eigenvalue weighted by molar-refractivity contribution is -0.116. The molecular formula is C14H19NO3S. The van der Waals surface area contributed by atoms with E-state index in [-0.39, 0.29) is 5.91 Å². The van der Waals surface area contributed by atoms with Crippen molar-refractivity contribution >= 4 is 28.2 Å². The van der Waals surface area contributed by atoms with Crippen molar-refractivity contribution in [3.8, 4) is 0 Å². The number of hydrogen-bond donors (Lipinski definition) is 2. The SMILES string of the molecule is CCCC(=O)Nc1sc2c(c1C(=O)O)CCC(C)C2. The highest BCUT2D eigenvalue weighted by Crippen LogP contribution is 2.39. The average Bonchev–Trinajstić information content (AvgIpc) is 2.65. The molecule has 0 aliphatic heterocycles. The minimum absolute atomic E-state index is 0.100. The Kier molecular flexibility index (Phi) is 4.24. The molecule has 1 unspecified atom stereocenters. The molecule has 19 heavy (non-hydrogen) atoms. The Balaban J connectivity index is 2.32. The molecule has 1 heterocycles. The van der Waals surface area contributed by atoms with E-state index in [4.69, 9.17) is 0 Å². The van der Waals surface area contributed by atoms with E-state index in [0.717, 1.165) is 36.1 Å². The minimum Gasteiger partial charge on any atom is -0.478 e. The van der Waals surface area contributed by atoms with Gasteiger partial charge in [0.1, 0.15) is 5.00 Å². The van der Waals surface area contributed by atoms with Gasteiger partial charge in [0.2, 0.25) is 5.91 Å². The fraction of sp³-hybridized carbons (Fsp3) is 0.571. The van der Waals surface area contributed by atoms with Crippen molar-refractivity contribution < 1.29 is 14.7 Å². The van der Waals surface area contributed by atoms with Crippen molar-refractivity contribution in [1.29, 1.82) is 0 Å². The molecule has 1 aliphatic carbocycles. The summed E-state index contributed by atoms with van der Waals surface area (Å²) in [5.74, 6) is -0.442. The summed E-state index contributed by atoms with van der Waals surface area (Å²) in [4.78, 5) is 24.2. The number of nitrogens with one attached hydrogen (secondary N) is 1. The lowest BCUT2D eigenvalue weighted by atomic mass is 9.88. The number of carbonyl (C=O) groups excluding carboxylic acids is 1. The van der Waals surface area contributed by atoms with E-state index >= 15 is 0 Å². The molecule has 0 saturated carbocycles. The molecule has 1 aliphatic rings. The van der Waals surface area contributed by atoms with Crippen LogP contribution in [-0.4, -0.2) is 17.0 Å². The second-order valence-corrected chi connectivity index (χ2v) is 6.26. The molecule has 0 spiro atoms. The molecular weight excluding hydrogens is 262 g/mol. The van der Waals surface area contributed by atoms with Gasteiger partial charge in [0.15, 0.2) is 0 Å². The molecule has 1 amide bonds. The number of carboxylic acid groups (broad SMARTS) is 1. The molecule has 1 aromatic heterocycles. The first-order valence-electron chi connectivity index (χ1n) is 6.70. The fourth-order valence-electron chi connectivity index (χ4n) is 2.48. The van der Waals surface area contributed by atoms with E-state index in [1.165, 1.54) is 11.3 Å². The number of amides is 1. The van der Waals surface area contributed by atoms with Crippen molar-refractivity contribution in [2.75, 3.05) is 5.32 Å². The van der Waals surface area contributed by atoms with Crippen LogP contribution in [0.15, 0.2) is 0 Å². The number of carbonyl (C=O) groups is 2. The molecule has 2 rings (SSSR count). The van der Waals surface area contributed by atoms with Crippen LogP contribution in [0.3, 0.4) is 0 Å². The van der Waals surface area contributed by atoms with E-state index in [1.807, 2.05) is 6.92 Å². The van der Waals surface area contributed by atoms with Gasteiger partial charge in [0, 0.05) is 11.3 Å². The maximum absolute atomic E-state index is 11.7. The number of aromatic carboxylic acids is 1. The second kappa shape index (κ2) is 5.74. The molecule has 0 radical (unpaired) electrons. The number of carboxylic acids is 1. The van der Waals surface area contributed by atoms with Crippen molar-refractivity contribution in [3.63, 3.8) is 0 Å². The van der Waals surface area contributed by atoms with Gasteiger partial charge in [-0.2, -0.15) is 0 Å². The van der Waals surface area contributed by atoms with Crippen LogP contribution >= 0.6 is 11.3 Å². The largest absolute Gasteiger partial charge is 0.478 e. The zero-order chi connectivity index (χ0) is 14.0. The van der Waals surface area contributed by atoms with Gasteiger partial charge in [-0.25, -0.2) is 4.79 Å². The molecule has 0 aromatic carbocycles. The first-order chi connectivity index (χ1) is 9.02. The zero-order valence-electron chi connectivity index (χ0n) is 11.3. The van der Waals surface area contributed by atoms with Gasteiger partial charge in [0.05, 0.1) is 5.56 Å². The average molecular weight is 281 g/mol. The van der Waals surface area contributed by atoms with Gasteiger partial charge in [-0.05, 0) is 37.2 Å². The van der Waals surface area contributed by atoms with E-state index in [9.17, 15) is 14.7 Å². The number of hydrogen-bond acceptors (Lipinski definition) is 3. The third kappa shape index (κ3) is 2.97. The second-order valence-electron chi connectivity index (χ2n) is 5.16. The molecule has 0 bridgehead atoms.